The third-order valence-electron chi connectivity index (χ3n) is 5.99. The molecule has 1 amide bonds. The number of rotatable bonds is 4. The Hall–Kier alpha value is -3.67. The number of carbonyl (C=O) groups is 1. The van der Waals surface area contributed by atoms with E-state index in [1.807, 2.05) is 44.2 Å². The largest absolute Gasteiger partial charge is 0.368 e. The maximum absolute atomic E-state index is 13.3. The number of piperazine rings is 1. The fourth-order valence-electron chi connectivity index (χ4n) is 4.43. The summed E-state index contributed by atoms with van der Waals surface area (Å²) < 4.78 is 0. The van der Waals surface area contributed by atoms with Gasteiger partial charge in [0.2, 0.25) is 0 Å². The van der Waals surface area contributed by atoms with E-state index in [9.17, 15) is 4.79 Å². The number of fused-ring (bicyclic) bond motifs is 3. The highest BCUT2D eigenvalue weighted by Gasteiger charge is 2.26. The average Bonchev–Trinajstić information content (AvgIpc) is 2.83. The van der Waals surface area contributed by atoms with Crippen molar-refractivity contribution in [3.63, 3.8) is 0 Å². The van der Waals surface area contributed by atoms with Crippen molar-refractivity contribution in [2.75, 3.05) is 36.0 Å². The second-order valence-electron chi connectivity index (χ2n) is 8.52. The first kappa shape index (κ1) is 20.2. The second-order valence-corrected chi connectivity index (χ2v) is 8.52. The summed E-state index contributed by atoms with van der Waals surface area (Å²) in [6.07, 6.45) is 0. The smallest absolute Gasteiger partial charge is 0.256 e. The molecule has 1 fully saturated rings. The van der Waals surface area contributed by atoms with Crippen LogP contribution in [0.4, 0.5) is 11.5 Å². The standard InChI is InChI=1S/C26H27N5O/c1-18(2)27-26(32)23-22-13-12-19-8-6-7-11-21(19)24(22)28-29-25(23)31-16-14-30(15-17-31)20-9-4-3-5-10-20/h3-13,18H,14-17H2,1-2H3,(H,27,32). The van der Waals surface area contributed by atoms with E-state index in [0.717, 1.165) is 47.9 Å². The summed E-state index contributed by atoms with van der Waals surface area (Å²) >= 11 is 0. The molecule has 1 N–H and O–H groups in total. The number of hydrogen-bond acceptors (Lipinski definition) is 5. The Morgan fingerprint density at radius 3 is 2.25 bits per heavy atom. The summed E-state index contributed by atoms with van der Waals surface area (Å²) in [5.41, 5.74) is 2.60. The van der Waals surface area contributed by atoms with Crippen molar-refractivity contribution in [2.45, 2.75) is 19.9 Å². The molecule has 2 heterocycles. The molecule has 162 valence electrons. The quantitative estimate of drug-likeness (QED) is 0.496. The number of para-hydroxylation sites is 1. The minimum atomic E-state index is -0.101. The fourth-order valence-corrected chi connectivity index (χ4v) is 4.43. The molecule has 0 unspecified atom stereocenters. The Balaban J connectivity index is 1.55. The first-order valence-corrected chi connectivity index (χ1v) is 11.2. The lowest BCUT2D eigenvalue weighted by atomic mass is 10.0. The van der Waals surface area contributed by atoms with Crippen molar-refractivity contribution in [3.8, 4) is 0 Å². The summed E-state index contributed by atoms with van der Waals surface area (Å²) in [6, 6.07) is 22.6. The number of anilines is 2. The molecule has 0 saturated carbocycles. The minimum Gasteiger partial charge on any atom is -0.368 e. The van der Waals surface area contributed by atoms with Crippen LogP contribution in [0.5, 0.6) is 0 Å². The third-order valence-corrected chi connectivity index (χ3v) is 5.99. The van der Waals surface area contributed by atoms with E-state index in [-0.39, 0.29) is 11.9 Å². The van der Waals surface area contributed by atoms with Crippen LogP contribution in [0, 0.1) is 0 Å². The van der Waals surface area contributed by atoms with E-state index in [1.165, 1.54) is 5.69 Å². The highest BCUT2D eigenvalue weighted by atomic mass is 16.1. The molecule has 6 heteroatoms. The second kappa shape index (κ2) is 8.46. The molecule has 0 radical (unpaired) electrons. The number of nitrogens with zero attached hydrogens (tertiary/aromatic N) is 4. The van der Waals surface area contributed by atoms with Crippen LogP contribution in [0.15, 0.2) is 66.7 Å². The molecule has 0 spiro atoms. The van der Waals surface area contributed by atoms with Crippen molar-refractivity contribution in [3.05, 3.63) is 72.3 Å². The molecule has 0 bridgehead atoms. The zero-order valence-electron chi connectivity index (χ0n) is 18.5. The van der Waals surface area contributed by atoms with Crippen LogP contribution in [-0.2, 0) is 0 Å². The van der Waals surface area contributed by atoms with E-state index in [4.69, 9.17) is 0 Å². The van der Waals surface area contributed by atoms with Crippen LogP contribution in [0.2, 0.25) is 0 Å². The first-order valence-electron chi connectivity index (χ1n) is 11.2. The number of hydrogen-bond donors (Lipinski definition) is 1. The molecule has 4 aromatic rings. The summed E-state index contributed by atoms with van der Waals surface area (Å²) in [4.78, 5) is 17.9. The van der Waals surface area contributed by atoms with Crippen LogP contribution in [0.25, 0.3) is 21.7 Å². The third kappa shape index (κ3) is 3.73. The Bertz CT molecular complexity index is 1260. The van der Waals surface area contributed by atoms with Crippen LogP contribution >= 0.6 is 0 Å². The topological polar surface area (TPSA) is 61.4 Å². The highest BCUT2D eigenvalue weighted by molar-refractivity contribution is 6.15. The maximum Gasteiger partial charge on any atom is 0.256 e. The van der Waals surface area contributed by atoms with Gasteiger partial charge in [-0.2, -0.15) is 0 Å². The van der Waals surface area contributed by atoms with Gasteiger partial charge in [0.05, 0.1) is 5.56 Å². The molecule has 0 aliphatic carbocycles. The molecular weight excluding hydrogens is 398 g/mol. The molecule has 32 heavy (non-hydrogen) atoms. The Morgan fingerprint density at radius 1 is 0.812 bits per heavy atom. The Labute approximate surface area is 187 Å². The van der Waals surface area contributed by atoms with Gasteiger partial charge in [-0.3, -0.25) is 4.79 Å². The fraction of sp³-hybridized carbons (Fsp3) is 0.269. The van der Waals surface area contributed by atoms with Crippen LogP contribution < -0.4 is 15.1 Å². The molecule has 5 rings (SSSR count). The van der Waals surface area contributed by atoms with Gasteiger partial charge in [-0.25, -0.2) is 0 Å². The number of benzene rings is 3. The monoisotopic (exact) mass is 425 g/mol. The van der Waals surface area contributed by atoms with Crippen molar-refractivity contribution < 1.29 is 4.79 Å². The zero-order valence-corrected chi connectivity index (χ0v) is 18.5. The van der Waals surface area contributed by atoms with Gasteiger partial charge in [-0.05, 0) is 31.4 Å². The van der Waals surface area contributed by atoms with Gasteiger partial charge < -0.3 is 15.1 Å². The Kier molecular flexibility index (Phi) is 5.35. The summed E-state index contributed by atoms with van der Waals surface area (Å²) in [5, 5.41) is 15.2. The molecule has 1 saturated heterocycles. The van der Waals surface area contributed by atoms with Gasteiger partial charge in [0, 0.05) is 48.7 Å². The van der Waals surface area contributed by atoms with Gasteiger partial charge in [0.15, 0.2) is 5.82 Å². The lowest BCUT2D eigenvalue weighted by Gasteiger charge is -2.37. The van der Waals surface area contributed by atoms with Crippen LogP contribution in [0.1, 0.15) is 24.2 Å². The summed E-state index contributed by atoms with van der Waals surface area (Å²) in [5.74, 6) is 0.564. The number of amides is 1. The van der Waals surface area contributed by atoms with Crippen molar-refractivity contribution in [1.82, 2.24) is 15.5 Å². The highest BCUT2D eigenvalue weighted by Crippen LogP contribution is 2.31. The molecule has 6 nitrogen and oxygen atoms in total. The normalized spacial score (nSPS) is 14.3. The molecule has 1 aromatic heterocycles. The lowest BCUT2D eigenvalue weighted by molar-refractivity contribution is 0.0945. The maximum atomic E-state index is 13.3. The van der Waals surface area contributed by atoms with Crippen LogP contribution in [0.3, 0.4) is 0 Å². The van der Waals surface area contributed by atoms with E-state index in [1.54, 1.807) is 0 Å². The van der Waals surface area contributed by atoms with E-state index < -0.39 is 0 Å². The van der Waals surface area contributed by atoms with Crippen molar-refractivity contribution in [1.29, 1.82) is 0 Å². The summed E-state index contributed by atoms with van der Waals surface area (Å²) in [7, 11) is 0. The zero-order chi connectivity index (χ0) is 22.1. The number of nitrogens with one attached hydrogen (secondary N) is 1. The molecule has 3 aromatic carbocycles. The van der Waals surface area contributed by atoms with Gasteiger partial charge in [-0.15, -0.1) is 10.2 Å². The first-order chi connectivity index (χ1) is 15.6. The molecule has 1 aliphatic rings. The van der Waals surface area contributed by atoms with Crippen LogP contribution in [-0.4, -0.2) is 48.3 Å². The van der Waals surface area contributed by atoms with Gasteiger partial charge in [0.1, 0.15) is 5.52 Å². The Morgan fingerprint density at radius 2 is 1.50 bits per heavy atom. The predicted octanol–water partition coefficient (Wildman–Crippen LogP) is 4.25. The van der Waals surface area contributed by atoms with Crippen molar-refractivity contribution in [2.24, 2.45) is 0 Å². The van der Waals surface area contributed by atoms with E-state index >= 15 is 0 Å². The summed E-state index contributed by atoms with van der Waals surface area (Å²) in [6.45, 7) is 7.25. The SMILES string of the molecule is CC(C)NC(=O)c1c(N2CCN(c3ccccc3)CC2)nnc2c1ccc1ccccc12. The molecule has 1 aliphatic heterocycles. The minimum absolute atomic E-state index is 0.0361. The van der Waals surface area contributed by atoms with Gasteiger partial charge in [-0.1, -0.05) is 54.6 Å². The van der Waals surface area contributed by atoms with E-state index in [0.29, 0.717) is 11.4 Å². The number of aromatic nitrogens is 2. The number of carbonyl (C=O) groups excluding carboxylic acids is 1. The van der Waals surface area contributed by atoms with Crippen molar-refractivity contribution >= 4 is 39.1 Å². The average molecular weight is 426 g/mol. The molecular formula is C26H27N5O. The molecule has 0 atom stereocenters. The van der Waals surface area contributed by atoms with Gasteiger partial charge >= 0.3 is 0 Å². The van der Waals surface area contributed by atoms with Gasteiger partial charge in [0.25, 0.3) is 5.91 Å². The lowest BCUT2D eigenvalue weighted by Crippen LogP contribution is -2.47. The predicted molar refractivity (Wildman–Crippen MR) is 131 cm³/mol. The van der Waals surface area contributed by atoms with E-state index in [2.05, 4.69) is 61.7 Å².